The number of hydrogen-bond donors (Lipinski definition) is 2. The van der Waals surface area contributed by atoms with Gasteiger partial charge in [0.2, 0.25) is 0 Å². The summed E-state index contributed by atoms with van der Waals surface area (Å²) in [7, 11) is 0. The van der Waals surface area contributed by atoms with Crippen LogP contribution in [0.2, 0.25) is 0 Å². The first kappa shape index (κ1) is 14.5. The molecule has 1 radical (unpaired) electrons. The molecule has 2 N–H and O–H groups in total. The molecule has 1 fully saturated rings. The van der Waals surface area contributed by atoms with Crippen molar-refractivity contribution in [1.82, 2.24) is 0 Å². The van der Waals surface area contributed by atoms with E-state index in [4.69, 9.17) is 4.74 Å². The van der Waals surface area contributed by atoms with E-state index < -0.39 is 22.4 Å². The Kier molecular flexibility index (Phi) is 3.33. The first-order valence-electron chi connectivity index (χ1n) is 4.61. The predicted molar refractivity (Wildman–Crippen MR) is 50.5 cm³/mol. The molecule has 0 saturated carbocycles. The van der Waals surface area contributed by atoms with Crippen molar-refractivity contribution in [1.29, 1.82) is 0 Å². The van der Waals surface area contributed by atoms with Gasteiger partial charge in [-0.2, -0.15) is 0 Å². The normalized spacial score (nSPS) is 44.6. The Labute approximate surface area is 97.7 Å². The summed E-state index contributed by atoms with van der Waals surface area (Å²) in [5.74, 6) is 0. The van der Waals surface area contributed by atoms with Crippen LogP contribution in [0.4, 0.5) is 0 Å². The van der Waals surface area contributed by atoms with E-state index in [1.165, 1.54) is 0 Å². The van der Waals surface area contributed by atoms with E-state index in [0.29, 0.717) is 0 Å². The number of aliphatic hydroxyl groups is 2. The fourth-order valence-electron chi connectivity index (χ4n) is 2.01. The average Bonchev–Trinajstić information content (AvgIpc) is 1.88. The molecule has 0 aromatic carbocycles. The van der Waals surface area contributed by atoms with E-state index in [2.05, 4.69) is 0 Å². The smallest absolute Gasteiger partial charge is 0.121 e. The molecule has 0 spiro atoms. The SMILES string of the molecule is CC1(C)OC(C)(C)C(C)(O)C1(C)O.[V]. The van der Waals surface area contributed by atoms with E-state index >= 15 is 0 Å². The Hall–Kier alpha value is 0.464. The summed E-state index contributed by atoms with van der Waals surface area (Å²) in [6.45, 7) is 10.4. The van der Waals surface area contributed by atoms with Crippen molar-refractivity contribution in [3.05, 3.63) is 0 Å². The Balaban J connectivity index is 0.00000169. The monoisotopic (exact) mass is 239 g/mol. The van der Waals surface area contributed by atoms with Gasteiger partial charge in [-0.1, -0.05) is 0 Å². The zero-order valence-corrected chi connectivity index (χ0v) is 11.1. The first-order chi connectivity index (χ1) is 5.46. The van der Waals surface area contributed by atoms with Crippen molar-refractivity contribution in [3.63, 3.8) is 0 Å². The Bertz CT molecular complexity index is 208. The van der Waals surface area contributed by atoms with Crippen LogP contribution in [0.15, 0.2) is 0 Å². The Morgan fingerprint density at radius 3 is 1.00 bits per heavy atom. The second-order valence-corrected chi connectivity index (χ2v) is 5.27. The molecule has 1 rings (SSSR count). The average molecular weight is 239 g/mol. The Morgan fingerprint density at radius 1 is 0.714 bits per heavy atom. The zero-order chi connectivity index (χ0) is 10.7. The molecule has 2 unspecified atom stereocenters. The van der Waals surface area contributed by atoms with Crippen molar-refractivity contribution in [3.8, 4) is 0 Å². The molecule has 3 nitrogen and oxygen atoms in total. The molecule has 0 amide bonds. The third-order valence-electron chi connectivity index (χ3n) is 3.80. The quantitative estimate of drug-likeness (QED) is 0.665. The van der Waals surface area contributed by atoms with Gasteiger partial charge in [0.15, 0.2) is 0 Å². The summed E-state index contributed by atoms with van der Waals surface area (Å²) in [4.78, 5) is 0. The van der Waals surface area contributed by atoms with Gasteiger partial charge < -0.3 is 14.9 Å². The fraction of sp³-hybridized carbons (Fsp3) is 1.00. The largest absolute Gasteiger partial charge is 0.384 e. The van der Waals surface area contributed by atoms with E-state index in [0.717, 1.165) is 0 Å². The van der Waals surface area contributed by atoms with Gasteiger partial charge in [-0.05, 0) is 41.5 Å². The maximum atomic E-state index is 10.2. The molecular formula is C10H20O3V. The van der Waals surface area contributed by atoms with Gasteiger partial charge in [0, 0.05) is 18.6 Å². The Morgan fingerprint density at radius 2 is 0.929 bits per heavy atom. The first-order valence-corrected chi connectivity index (χ1v) is 4.61. The minimum atomic E-state index is -1.25. The second-order valence-electron chi connectivity index (χ2n) is 5.27. The van der Waals surface area contributed by atoms with Crippen molar-refractivity contribution in [2.24, 2.45) is 0 Å². The molecule has 4 heteroatoms. The van der Waals surface area contributed by atoms with Gasteiger partial charge in [-0.25, -0.2) is 0 Å². The molecule has 1 aliphatic heterocycles. The topological polar surface area (TPSA) is 49.7 Å². The summed E-state index contributed by atoms with van der Waals surface area (Å²) in [5, 5.41) is 20.4. The van der Waals surface area contributed by atoms with Crippen molar-refractivity contribution < 1.29 is 33.5 Å². The van der Waals surface area contributed by atoms with Crippen molar-refractivity contribution in [2.45, 2.75) is 63.9 Å². The molecule has 0 aromatic rings. The molecule has 0 aliphatic carbocycles. The van der Waals surface area contributed by atoms with Gasteiger partial charge in [-0.3, -0.25) is 0 Å². The minimum absolute atomic E-state index is 0. The molecular weight excluding hydrogens is 219 g/mol. The number of ether oxygens (including phenoxy) is 1. The zero-order valence-electron chi connectivity index (χ0n) is 9.75. The van der Waals surface area contributed by atoms with Crippen LogP contribution in [0, 0.1) is 0 Å². The van der Waals surface area contributed by atoms with Crippen LogP contribution < -0.4 is 0 Å². The van der Waals surface area contributed by atoms with Crippen LogP contribution in [0.1, 0.15) is 41.5 Å². The van der Waals surface area contributed by atoms with E-state index in [1.54, 1.807) is 41.5 Å². The van der Waals surface area contributed by atoms with Gasteiger partial charge in [0.05, 0.1) is 11.2 Å². The van der Waals surface area contributed by atoms with Crippen LogP contribution >= 0.6 is 0 Å². The molecule has 14 heavy (non-hydrogen) atoms. The fourth-order valence-corrected chi connectivity index (χ4v) is 2.01. The summed E-state index contributed by atoms with van der Waals surface area (Å²) in [5.41, 5.74) is -3.97. The van der Waals surface area contributed by atoms with Crippen LogP contribution in [0.5, 0.6) is 0 Å². The molecule has 83 valence electrons. The van der Waals surface area contributed by atoms with Gasteiger partial charge in [0.1, 0.15) is 11.2 Å². The van der Waals surface area contributed by atoms with Crippen molar-refractivity contribution in [2.75, 3.05) is 0 Å². The standard InChI is InChI=1S/C10H20O3.V/c1-7(2)9(5,11)10(6,12)8(3,4)13-7;/h11-12H,1-6H3;. The molecule has 1 heterocycles. The second kappa shape index (κ2) is 3.23. The number of hydrogen-bond acceptors (Lipinski definition) is 3. The molecule has 1 aliphatic rings. The van der Waals surface area contributed by atoms with Gasteiger partial charge in [-0.15, -0.1) is 0 Å². The van der Waals surface area contributed by atoms with E-state index in [9.17, 15) is 10.2 Å². The third kappa shape index (κ3) is 1.46. The molecule has 2 atom stereocenters. The predicted octanol–water partition coefficient (Wildman–Crippen LogP) is 1.07. The maximum absolute atomic E-state index is 10.2. The maximum Gasteiger partial charge on any atom is 0.121 e. The molecule has 0 bridgehead atoms. The van der Waals surface area contributed by atoms with Gasteiger partial charge >= 0.3 is 0 Å². The summed E-state index contributed by atoms with van der Waals surface area (Å²) < 4.78 is 5.67. The summed E-state index contributed by atoms with van der Waals surface area (Å²) >= 11 is 0. The summed E-state index contributed by atoms with van der Waals surface area (Å²) in [6, 6.07) is 0. The van der Waals surface area contributed by atoms with Crippen LogP contribution in [0.3, 0.4) is 0 Å². The number of rotatable bonds is 0. The van der Waals surface area contributed by atoms with Gasteiger partial charge in [0.25, 0.3) is 0 Å². The van der Waals surface area contributed by atoms with E-state index in [-0.39, 0.29) is 18.6 Å². The van der Waals surface area contributed by atoms with E-state index in [1.807, 2.05) is 0 Å². The molecule has 1 saturated heterocycles. The third-order valence-corrected chi connectivity index (χ3v) is 3.80. The summed E-state index contributed by atoms with van der Waals surface area (Å²) in [6.07, 6.45) is 0. The molecule has 0 aromatic heterocycles. The van der Waals surface area contributed by atoms with Crippen LogP contribution in [0.25, 0.3) is 0 Å². The van der Waals surface area contributed by atoms with Crippen LogP contribution in [-0.4, -0.2) is 32.6 Å². The van der Waals surface area contributed by atoms with Crippen LogP contribution in [-0.2, 0) is 23.3 Å². The minimum Gasteiger partial charge on any atom is -0.384 e. The van der Waals surface area contributed by atoms with Crippen molar-refractivity contribution >= 4 is 0 Å².